The summed E-state index contributed by atoms with van der Waals surface area (Å²) in [4.78, 5) is 0. The highest BCUT2D eigenvalue weighted by atomic mass is 16.3. The van der Waals surface area contributed by atoms with E-state index in [9.17, 15) is 0 Å². The van der Waals surface area contributed by atoms with Crippen LogP contribution in [0.4, 0.5) is 0 Å². The zero-order valence-corrected chi connectivity index (χ0v) is 10.9. The molecule has 0 amide bonds. The maximum atomic E-state index is 9.14. The van der Waals surface area contributed by atoms with Crippen molar-refractivity contribution in [3.63, 3.8) is 0 Å². The Kier molecular flexibility index (Phi) is 10.9. The van der Waals surface area contributed by atoms with E-state index in [-0.39, 0.29) is 19.8 Å². The maximum absolute atomic E-state index is 9.14. The normalized spacial score (nSPS) is 12.0. The molecule has 0 aliphatic heterocycles. The molecule has 0 heterocycles. The summed E-state index contributed by atoms with van der Waals surface area (Å²) < 4.78 is 0. The molecular formula is C13H29NO3. The van der Waals surface area contributed by atoms with Crippen molar-refractivity contribution in [2.24, 2.45) is 11.1 Å². The molecule has 0 saturated carbocycles. The molecule has 0 aromatic heterocycles. The standard InChI is InChI=1S/C13H29NO3/c14-9-7-5-3-1-2-4-6-8-13(10-15,11-16)12-17/h15-17H,1-12,14H2. The van der Waals surface area contributed by atoms with Crippen molar-refractivity contribution in [2.45, 2.75) is 51.4 Å². The summed E-state index contributed by atoms with van der Waals surface area (Å²) in [6.45, 7) is 0.357. The highest BCUT2D eigenvalue weighted by molar-refractivity contribution is 4.76. The average Bonchev–Trinajstić information content (AvgIpc) is 2.38. The molecule has 0 atom stereocenters. The Morgan fingerprint density at radius 3 is 1.47 bits per heavy atom. The second-order valence-electron chi connectivity index (χ2n) is 4.99. The van der Waals surface area contributed by atoms with Gasteiger partial charge in [0, 0.05) is 5.41 Å². The molecule has 0 aromatic carbocycles. The van der Waals surface area contributed by atoms with Crippen LogP contribution in [0.15, 0.2) is 0 Å². The fourth-order valence-corrected chi connectivity index (χ4v) is 1.92. The van der Waals surface area contributed by atoms with E-state index < -0.39 is 5.41 Å². The molecule has 4 heteroatoms. The first kappa shape index (κ1) is 16.8. The first-order valence-electron chi connectivity index (χ1n) is 6.77. The lowest BCUT2D eigenvalue weighted by atomic mass is 9.85. The van der Waals surface area contributed by atoms with E-state index in [2.05, 4.69) is 0 Å². The first-order chi connectivity index (χ1) is 8.24. The summed E-state index contributed by atoms with van der Waals surface area (Å²) in [6, 6.07) is 0. The van der Waals surface area contributed by atoms with Gasteiger partial charge in [0.25, 0.3) is 0 Å². The van der Waals surface area contributed by atoms with Crippen LogP contribution >= 0.6 is 0 Å². The third-order valence-electron chi connectivity index (χ3n) is 3.42. The van der Waals surface area contributed by atoms with E-state index in [1.807, 2.05) is 0 Å². The van der Waals surface area contributed by atoms with Gasteiger partial charge >= 0.3 is 0 Å². The maximum Gasteiger partial charge on any atom is 0.0531 e. The van der Waals surface area contributed by atoms with Crippen LogP contribution in [0.3, 0.4) is 0 Å². The molecule has 0 radical (unpaired) electrons. The Bertz CT molecular complexity index is 152. The van der Waals surface area contributed by atoms with Crippen molar-refractivity contribution < 1.29 is 15.3 Å². The van der Waals surface area contributed by atoms with Crippen LogP contribution < -0.4 is 5.73 Å². The largest absolute Gasteiger partial charge is 0.396 e. The molecule has 4 nitrogen and oxygen atoms in total. The zero-order chi connectivity index (χ0) is 13.0. The van der Waals surface area contributed by atoms with Crippen molar-refractivity contribution in [3.8, 4) is 0 Å². The van der Waals surface area contributed by atoms with Gasteiger partial charge in [-0.25, -0.2) is 0 Å². The lowest BCUT2D eigenvalue weighted by Gasteiger charge is -2.27. The third-order valence-corrected chi connectivity index (χ3v) is 3.42. The molecule has 0 spiro atoms. The number of rotatable bonds is 12. The van der Waals surface area contributed by atoms with Crippen molar-refractivity contribution >= 4 is 0 Å². The number of unbranched alkanes of at least 4 members (excludes halogenated alkanes) is 6. The summed E-state index contributed by atoms with van der Waals surface area (Å²) in [6.07, 6.45) is 8.73. The van der Waals surface area contributed by atoms with Gasteiger partial charge in [0.1, 0.15) is 0 Å². The van der Waals surface area contributed by atoms with Gasteiger partial charge in [-0.05, 0) is 19.4 Å². The quantitative estimate of drug-likeness (QED) is 0.388. The van der Waals surface area contributed by atoms with Crippen molar-refractivity contribution in [2.75, 3.05) is 26.4 Å². The Hall–Kier alpha value is -0.160. The molecule has 0 aromatic rings. The van der Waals surface area contributed by atoms with E-state index in [4.69, 9.17) is 21.1 Å². The van der Waals surface area contributed by atoms with Crippen LogP contribution in [-0.4, -0.2) is 41.7 Å². The van der Waals surface area contributed by atoms with Gasteiger partial charge in [0.15, 0.2) is 0 Å². The summed E-state index contributed by atoms with van der Waals surface area (Å²) in [7, 11) is 0. The molecule has 0 rings (SSSR count). The molecular weight excluding hydrogens is 218 g/mol. The van der Waals surface area contributed by atoms with E-state index in [0.717, 1.165) is 25.8 Å². The van der Waals surface area contributed by atoms with Crippen molar-refractivity contribution in [1.29, 1.82) is 0 Å². The molecule has 0 unspecified atom stereocenters. The molecule has 0 saturated heterocycles. The number of hydrogen-bond donors (Lipinski definition) is 4. The smallest absolute Gasteiger partial charge is 0.0531 e. The Labute approximate surface area is 105 Å². The highest BCUT2D eigenvalue weighted by Gasteiger charge is 2.26. The first-order valence-corrected chi connectivity index (χ1v) is 6.77. The minimum atomic E-state index is -0.681. The number of hydrogen-bond acceptors (Lipinski definition) is 4. The minimum Gasteiger partial charge on any atom is -0.396 e. The van der Waals surface area contributed by atoms with Gasteiger partial charge in [0.2, 0.25) is 0 Å². The van der Waals surface area contributed by atoms with Gasteiger partial charge in [-0.1, -0.05) is 38.5 Å². The third kappa shape index (κ3) is 7.71. The predicted octanol–water partition coefficient (Wildman–Crippen LogP) is 1.03. The highest BCUT2D eigenvalue weighted by Crippen LogP contribution is 2.23. The minimum absolute atomic E-state index is 0.142. The van der Waals surface area contributed by atoms with E-state index >= 15 is 0 Å². The molecule has 5 N–H and O–H groups in total. The molecule has 104 valence electrons. The number of aliphatic hydroxyl groups excluding tert-OH is 3. The molecule has 0 bridgehead atoms. The van der Waals surface area contributed by atoms with Crippen LogP contribution in [0.5, 0.6) is 0 Å². The van der Waals surface area contributed by atoms with E-state index in [1.165, 1.54) is 25.7 Å². The van der Waals surface area contributed by atoms with Crippen LogP contribution in [0.1, 0.15) is 51.4 Å². The van der Waals surface area contributed by atoms with Crippen LogP contribution in [0, 0.1) is 5.41 Å². The van der Waals surface area contributed by atoms with Gasteiger partial charge in [-0.15, -0.1) is 0 Å². The van der Waals surface area contributed by atoms with Gasteiger partial charge in [-0.3, -0.25) is 0 Å². The second kappa shape index (κ2) is 11.0. The lowest BCUT2D eigenvalue weighted by molar-refractivity contribution is -0.00229. The van der Waals surface area contributed by atoms with Crippen LogP contribution in [0.2, 0.25) is 0 Å². The summed E-state index contributed by atoms with van der Waals surface area (Å²) in [5.74, 6) is 0. The van der Waals surface area contributed by atoms with Crippen LogP contribution in [0.25, 0.3) is 0 Å². The molecule has 17 heavy (non-hydrogen) atoms. The second-order valence-corrected chi connectivity index (χ2v) is 4.99. The number of aliphatic hydroxyl groups is 3. The zero-order valence-electron chi connectivity index (χ0n) is 10.9. The Morgan fingerprint density at radius 2 is 1.06 bits per heavy atom. The van der Waals surface area contributed by atoms with Crippen molar-refractivity contribution in [3.05, 3.63) is 0 Å². The summed E-state index contributed by atoms with van der Waals surface area (Å²) in [5.41, 5.74) is 4.73. The van der Waals surface area contributed by atoms with Gasteiger partial charge < -0.3 is 21.1 Å². The average molecular weight is 247 g/mol. The van der Waals surface area contributed by atoms with Crippen LogP contribution in [-0.2, 0) is 0 Å². The fraction of sp³-hybridized carbons (Fsp3) is 1.00. The van der Waals surface area contributed by atoms with Crippen molar-refractivity contribution in [1.82, 2.24) is 0 Å². The molecule has 0 fully saturated rings. The number of nitrogens with two attached hydrogens (primary N) is 1. The molecule has 0 aliphatic rings. The summed E-state index contributed by atoms with van der Waals surface area (Å²) in [5, 5.41) is 27.4. The van der Waals surface area contributed by atoms with E-state index in [0.29, 0.717) is 6.42 Å². The summed E-state index contributed by atoms with van der Waals surface area (Å²) >= 11 is 0. The molecule has 0 aliphatic carbocycles. The van der Waals surface area contributed by atoms with Gasteiger partial charge in [0.05, 0.1) is 19.8 Å². The lowest BCUT2D eigenvalue weighted by Crippen LogP contribution is -2.33. The monoisotopic (exact) mass is 247 g/mol. The van der Waals surface area contributed by atoms with Gasteiger partial charge in [-0.2, -0.15) is 0 Å². The fourth-order valence-electron chi connectivity index (χ4n) is 1.92. The SMILES string of the molecule is NCCCCCCCCCC(CO)(CO)CO. The topological polar surface area (TPSA) is 86.7 Å². The predicted molar refractivity (Wildman–Crippen MR) is 69.7 cm³/mol. The van der Waals surface area contributed by atoms with E-state index in [1.54, 1.807) is 0 Å². The Morgan fingerprint density at radius 1 is 0.647 bits per heavy atom. The Balaban J connectivity index is 3.43.